The molecule has 2 aromatic rings. The van der Waals surface area contributed by atoms with E-state index in [4.69, 9.17) is 10.7 Å². The maximum Gasteiger partial charge on any atom is 0.136 e. The maximum atomic E-state index is 5.92. The van der Waals surface area contributed by atoms with Crippen molar-refractivity contribution in [3.63, 3.8) is 0 Å². The van der Waals surface area contributed by atoms with Crippen LogP contribution in [0.15, 0.2) is 41.0 Å². The van der Waals surface area contributed by atoms with E-state index in [1.54, 1.807) is 0 Å². The first-order valence-electron chi connectivity index (χ1n) is 6.53. The molecule has 0 bridgehead atoms. The number of rotatable bonds is 3. The van der Waals surface area contributed by atoms with Crippen LogP contribution >= 0.6 is 15.9 Å². The molecule has 0 amide bonds. The molecular formula is C15H16BrN3. The number of halogens is 1. The Bertz CT molecular complexity index is 571. The van der Waals surface area contributed by atoms with Crippen LogP contribution in [-0.2, 0) is 5.41 Å². The van der Waals surface area contributed by atoms with Gasteiger partial charge in [0.25, 0.3) is 0 Å². The minimum Gasteiger partial charge on any atom is -0.329 e. The molecule has 0 aliphatic heterocycles. The first kappa shape index (κ1) is 12.8. The summed E-state index contributed by atoms with van der Waals surface area (Å²) in [7, 11) is 0. The third-order valence-electron chi connectivity index (χ3n) is 3.97. The SMILES string of the molecule is NCC1(c2nccc(-c3ccc(Br)cc3)n2)CCC1. The smallest absolute Gasteiger partial charge is 0.136 e. The molecule has 0 spiro atoms. The van der Waals surface area contributed by atoms with Crippen LogP contribution in [0, 0.1) is 0 Å². The summed E-state index contributed by atoms with van der Waals surface area (Å²) in [6.45, 7) is 0.636. The van der Waals surface area contributed by atoms with Crippen molar-refractivity contribution in [1.29, 1.82) is 0 Å². The highest BCUT2D eigenvalue weighted by Crippen LogP contribution is 2.41. The molecule has 3 rings (SSSR count). The number of aromatic nitrogens is 2. The normalized spacial score (nSPS) is 16.9. The lowest BCUT2D eigenvalue weighted by Gasteiger charge is -2.39. The second kappa shape index (κ2) is 5.02. The van der Waals surface area contributed by atoms with E-state index in [1.807, 2.05) is 24.4 Å². The van der Waals surface area contributed by atoms with Gasteiger partial charge in [0.1, 0.15) is 5.82 Å². The Labute approximate surface area is 121 Å². The van der Waals surface area contributed by atoms with Crippen LogP contribution in [0.1, 0.15) is 25.1 Å². The van der Waals surface area contributed by atoms with Crippen molar-refractivity contribution in [2.75, 3.05) is 6.54 Å². The van der Waals surface area contributed by atoms with Crippen LogP contribution in [-0.4, -0.2) is 16.5 Å². The molecule has 1 fully saturated rings. The molecule has 0 atom stereocenters. The van der Waals surface area contributed by atoms with Gasteiger partial charge in [-0.05, 0) is 31.0 Å². The highest BCUT2D eigenvalue weighted by atomic mass is 79.9. The van der Waals surface area contributed by atoms with Gasteiger partial charge in [-0.1, -0.05) is 34.5 Å². The van der Waals surface area contributed by atoms with Crippen LogP contribution in [0.2, 0.25) is 0 Å². The van der Waals surface area contributed by atoms with E-state index in [9.17, 15) is 0 Å². The molecule has 1 aromatic heterocycles. The molecule has 1 aliphatic rings. The van der Waals surface area contributed by atoms with E-state index in [0.717, 1.165) is 34.4 Å². The predicted octanol–water partition coefficient (Wildman–Crippen LogP) is 3.29. The minimum absolute atomic E-state index is 0.0192. The highest BCUT2D eigenvalue weighted by molar-refractivity contribution is 9.10. The largest absolute Gasteiger partial charge is 0.329 e. The molecule has 0 unspecified atom stereocenters. The van der Waals surface area contributed by atoms with Crippen molar-refractivity contribution in [3.8, 4) is 11.3 Å². The summed E-state index contributed by atoms with van der Waals surface area (Å²) in [5.74, 6) is 0.904. The molecule has 3 nitrogen and oxygen atoms in total. The summed E-state index contributed by atoms with van der Waals surface area (Å²) in [6.07, 6.45) is 5.28. The summed E-state index contributed by atoms with van der Waals surface area (Å²) in [4.78, 5) is 9.18. The predicted molar refractivity (Wildman–Crippen MR) is 79.8 cm³/mol. The van der Waals surface area contributed by atoms with Gasteiger partial charge in [0.15, 0.2) is 0 Å². The number of hydrogen-bond donors (Lipinski definition) is 1. The Morgan fingerprint density at radius 2 is 1.89 bits per heavy atom. The van der Waals surface area contributed by atoms with Crippen LogP contribution in [0.3, 0.4) is 0 Å². The first-order chi connectivity index (χ1) is 9.23. The Hall–Kier alpha value is -1.26. The summed E-state index contributed by atoms with van der Waals surface area (Å²) < 4.78 is 1.07. The lowest BCUT2D eigenvalue weighted by molar-refractivity contribution is 0.238. The van der Waals surface area contributed by atoms with E-state index in [0.29, 0.717) is 6.54 Å². The molecular weight excluding hydrogens is 302 g/mol. The number of nitrogens with zero attached hydrogens (tertiary/aromatic N) is 2. The Balaban J connectivity index is 1.98. The van der Waals surface area contributed by atoms with Gasteiger partial charge in [-0.2, -0.15) is 0 Å². The van der Waals surface area contributed by atoms with E-state index in [2.05, 4.69) is 33.0 Å². The zero-order valence-electron chi connectivity index (χ0n) is 10.6. The summed E-state index contributed by atoms with van der Waals surface area (Å²) in [5.41, 5.74) is 8.02. The van der Waals surface area contributed by atoms with Crippen molar-refractivity contribution in [2.24, 2.45) is 5.73 Å². The number of hydrogen-bond acceptors (Lipinski definition) is 3. The fourth-order valence-corrected chi connectivity index (χ4v) is 2.78. The van der Waals surface area contributed by atoms with Crippen molar-refractivity contribution in [2.45, 2.75) is 24.7 Å². The molecule has 98 valence electrons. The molecule has 0 radical (unpaired) electrons. The molecule has 1 saturated carbocycles. The number of benzene rings is 1. The second-order valence-electron chi connectivity index (χ2n) is 5.11. The van der Waals surface area contributed by atoms with Gasteiger partial charge in [0.2, 0.25) is 0 Å². The summed E-state index contributed by atoms with van der Waals surface area (Å²) in [6, 6.07) is 10.1. The quantitative estimate of drug-likeness (QED) is 0.945. The van der Waals surface area contributed by atoms with Crippen LogP contribution < -0.4 is 5.73 Å². The van der Waals surface area contributed by atoms with Gasteiger partial charge in [0.05, 0.1) is 5.69 Å². The van der Waals surface area contributed by atoms with Gasteiger partial charge in [0, 0.05) is 28.2 Å². The number of nitrogens with two attached hydrogens (primary N) is 1. The van der Waals surface area contributed by atoms with Crippen LogP contribution in [0.25, 0.3) is 11.3 Å². The van der Waals surface area contributed by atoms with Gasteiger partial charge < -0.3 is 5.73 Å². The highest BCUT2D eigenvalue weighted by Gasteiger charge is 2.40. The Kier molecular flexibility index (Phi) is 3.37. The van der Waals surface area contributed by atoms with E-state index < -0.39 is 0 Å². The fourth-order valence-electron chi connectivity index (χ4n) is 2.52. The molecule has 1 aliphatic carbocycles. The lowest BCUT2D eigenvalue weighted by Crippen LogP contribution is -2.43. The lowest BCUT2D eigenvalue weighted by atomic mass is 9.68. The minimum atomic E-state index is 0.0192. The molecule has 1 heterocycles. The summed E-state index contributed by atoms with van der Waals surface area (Å²) >= 11 is 3.45. The topological polar surface area (TPSA) is 51.8 Å². The Morgan fingerprint density at radius 3 is 2.47 bits per heavy atom. The average Bonchev–Trinajstić information content (AvgIpc) is 2.39. The molecule has 0 saturated heterocycles. The van der Waals surface area contributed by atoms with Crippen LogP contribution in [0.4, 0.5) is 0 Å². The molecule has 1 aromatic carbocycles. The van der Waals surface area contributed by atoms with Crippen molar-refractivity contribution in [1.82, 2.24) is 9.97 Å². The van der Waals surface area contributed by atoms with Gasteiger partial charge >= 0.3 is 0 Å². The molecule has 19 heavy (non-hydrogen) atoms. The molecule has 2 N–H and O–H groups in total. The van der Waals surface area contributed by atoms with E-state index in [1.165, 1.54) is 6.42 Å². The summed E-state index contributed by atoms with van der Waals surface area (Å²) in [5, 5.41) is 0. The van der Waals surface area contributed by atoms with E-state index in [-0.39, 0.29) is 5.41 Å². The monoisotopic (exact) mass is 317 g/mol. The van der Waals surface area contributed by atoms with Gasteiger partial charge in [-0.15, -0.1) is 0 Å². The standard InChI is InChI=1S/C15H16BrN3/c16-12-4-2-11(3-5-12)13-6-9-18-14(19-13)15(10-17)7-1-8-15/h2-6,9H,1,7-8,10,17H2. The van der Waals surface area contributed by atoms with Crippen LogP contribution in [0.5, 0.6) is 0 Å². The van der Waals surface area contributed by atoms with Crippen molar-refractivity contribution in [3.05, 3.63) is 46.8 Å². The van der Waals surface area contributed by atoms with Crippen molar-refractivity contribution >= 4 is 15.9 Å². The third kappa shape index (κ3) is 2.30. The third-order valence-corrected chi connectivity index (χ3v) is 4.50. The Morgan fingerprint density at radius 1 is 1.16 bits per heavy atom. The zero-order valence-corrected chi connectivity index (χ0v) is 12.2. The van der Waals surface area contributed by atoms with E-state index >= 15 is 0 Å². The average molecular weight is 318 g/mol. The zero-order chi connectivity index (χ0) is 13.3. The van der Waals surface area contributed by atoms with Gasteiger partial charge in [-0.25, -0.2) is 9.97 Å². The maximum absolute atomic E-state index is 5.92. The fraction of sp³-hybridized carbons (Fsp3) is 0.333. The molecule has 4 heteroatoms. The van der Waals surface area contributed by atoms with Gasteiger partial charge in [-0.3, -0.25) is 0 Å². The first-order valence-corrected chi connectivity index (χ1v) is 7.32. The van der Waals surface area contributed by atoms with Crippen molar-refractivity contribution < 1.29 is 0 Å². The second-order valence-corrected chi connectivity index (χ2v) is 6.03.